The third kappa shape index (κ3) is 3.66. The number of anilines is 1. The molecule has 2 rings (SSSR count). The van der Waals surface area contributed by atoms with Crippen molar-refractivity contribution in [1.29, 1.82) is 5.26 Å². The van der Waals surface area contributed by atoms with Crippen molar-refractivity contribution in [3.05, 3.63) is 58.6 Å². The normalized spacial score (nSPS) is 9.85. The van der Waals surface area contributed by atoms with Gasteiger partial charge in [0, 0.05) is 12.2 Å². The highest BCUT2D eigenvalue weighted by atomic mass is 35.5. The molecule has 102 valence electrons. The minimum atomic E-state index is 0.462. The van der Waals surface area contributed by atoms with E-state index >= 15 is 0 Å². The van der Waals surface area contributed by atoms with Gasteiger partial charge in [-0.1, -0.05) is 23.7 Å². The van der Waals surface area contributed by atoms with E-state index in [1.807, 2.05) is 43.3 Å². The zero-order valence-electron chi connectivity index (χ0n) is 11.2. The minimum Gasteiger partial charge on any atom is -0.494 e. The number of nitrogens with one attached hydrogen (secondary N) is 1. The fraction of sp³-hybridized carbons (Fsp3) is 0.188. The Balaban J connectivity index is 1.98. The Kier molecular flexibility index (Phi) is 4.86. The van der Waals surface area contributed by atoms with Gasteiger partial charge in [0.1, 0.15) is 11.8 Å². The first-order chi connectivity index (χ1) is 9.72. The van der Waals surface area contributed by atoms with Gasteiger partial charge in [-0.2, -0.15) is 5.26 Å². The molecule has 0 aliphatic heterocycles. The summed E-state index contributed by atoms with van der Waals surface area (Å²) >= 11 is 5.99. The summed E-state index contributed by atoms with van der Waals surface area (Å²) < 4.78 is 5.40. The van der Waals surface area contributed by atoms with Crippen molar-refractivity contribution >= 4 is 17.3 Å². The molecule has 0 spiro atoms. The van der Waals surface area contributed by atoms with Crippen LogP contribution in [-0.2, 0) is 6.54 Å². The lowest BCUT2D eigenvalue weighted by Crippen LogP contribution is -2.00. The van der Waals surface area contributed by atoms with Gasteiger partial charge in [-0.3, -0.25) is 0 Å². The van der Waals surface area contributed by atoms with Crippen LogP contribution in [0.3, 0.4) is 0 Å². The van der Waals surface area contributed by atoms with Crippen molar-refractivity contribution in [3.8, 4) is 11.8 Å². The van der Waals surface area contributed by atoms with Crippen LogP contribution in [0.15, 0.2) is 42.5 Å². The van der Waals surface area contributed by atoms with Gasteiger partial charge in [0.25, 0.3) is 0 Å². The molecular formula is C16H15ClN2O. The smallest absolute Gasteiger partial charge is 0.119 e. The molecule has 0 fully saturated rings. The number of benzene rings is 2. The molecule has 0 unspecified atom stereocenters. The molecule has 0 heterocycles. The fourth-order valence-electron chi connectivity index (χ4n) is 1.79. The third-order valence-electron chi connectivity index (χ3n) is 2.82. The summed E-state index contributed by atoms with van der Waals surface area (Å²) in [5.74, 6) is 0.873. The lowest BCUT2D eigenvalue weighted by Gasteiger charge is -2.08. The number of nitrogens with zero attached hydrogens (tertiary/aromatic N) is 1. The Bertz CT molecular complexity index is 617. The van der Waals surface area contributed by atoms with Gasteiger partial charge < -0.3 is 10.1 Å². The molecule has 0 aliphatic carbocycles. The second-order valence-corrected chi connectivity index (χ2v) is 4.64. The van der Waals surface area contributed by atoms with Crippen LogP contribution in [0, 0.1) is 11.3 Å². The third-order valence-corrected chi connectivity index (χ3v) is 3.13. The van der Waals surface area contributed by atoms with Crippen LogP contribution in [0.5, 0.6) is 5.75 Å². The molecule has 0 amide bonds. The summed E-state index contributed by atoms with van der Waals surface area (Å²) in [4.78, 5) is 0. The second kappa shape index (κ2) is 6.83. The molecule has 20 heavy (non-hydrogen) atoms. The van der Waals surface area contributed by atoms with Gasteiger partial charge in [-0.25, -0.2) is 0 Å². The molecule has 0 aliphatic rings. The Labute approximate surface area is 123 Å². The first-order valence-corrected chi connectivity index (χ1v) is 6.76. The highest BCUT2D eigenvalue weighted by molar-refractivity contribution is 6.32. The molecule has 0 bridgehead atoms. The number of nitriles is 1. The largest absolute Gasteiger partial charge is 0.494 e. The van der Waals surface area contributed by atoms with E-state index in [0.717, 1.165) is 17.0 Å². The standard InChI is InChI=1S/C16H15ClN2O/c1-2-20-15-7-3-12(4-8-15)11-19-14-6-5-13(10-18)16(17)9-14/h3-9,19H,2,11H2,1H3. The van der Waals surface area contributed by atoms with E-state index < -0.39 is 0 Å². The molecule has 2 aromatic rings. The molecule has 0 radical (unpaired) electrons. The Morgan fingerprint density at radius 3 is 2.55 bits per heavy atom. The van der Waals surface area contributed by atoms with Gasteiger partial charge in [0.15, 0.2) is 0 Å². The zero-order valence-corrected chi connectivity index (χ0v) is 11.9. The van der Waals surface area contributed by atoms with E-state index in [4.69, 9.17) is 21.6 Å². The lowest BCUT2D eigenvalue weighted by atomic mass is 10.2. The fourth-order valence-corrected chi connectivity index (χ4v) is 2.01. The maximum absolute atomic E-state index is 8.82. The molecule has 0 saturated carbocycles. The average molecular weight is 287 g/mol. The number of hydrogen-bond donors (Lipinski definition) is 1. The predicted molar refractivity (Wildman–Crippen MR) is 81.1 cm³/mol. The van der Waals surface area contributed by atoms with Crippen LogP contribution in [0.25, 0.3) is 0 Å². The van der Waals surface area contributed by atoms with Gasteiger partial charge >= 0.3 is 0 Å². The molecule has 0 aromatic heterocycles. The number of ether oxygens (including phenoxy) is 1. The predicted octanol–water partition coefficient (Wildman–Crippen LogP) is 4.22. The van der Waals surface area contributed by atoms with Gasteiger partial charge in [-0.15, -0.1) is 0 Å². The van der Waals surface area contributed by atoms with Crippen LogP contribution in [0.2, 0.25) is 5.02 Å². The van der Waals surface area contributed by atoms with Crippen molar-refractivity contribution in [3.63, 3.8) is 0 Å². The van der Waals surface area contributed by atoms with E-state index in [2.05, 4.69) is 5.32 Å². The second-order valence-electron chi connectivity index (χ2n) is 4.24. The summed E-state index contributed by atoms with van der Waals surface area (Å²) in [6, 6.07) is 15.3. The summed E-state index contributed by atoms with van der Waals surface area (Å²) in [6.07, 6.45) is 0. The Hall–Kier alpha value is -2.18. The Morgan fingerprint density at radius 1 is 1.20 bits per heavy atom. The van der Waals surface area contributed by atoms with Crippen molar-refractivity contribution in [2.24, 2.45) is 0 Å². The van der Waals surface area contributed by atoms with Crippen molar-refractivity contribution in [2.45, 2.75) is 13.5 Å². The van der Waals surface area contributed by atoms with Crippen LogP contribution < -0.4 is 10.1 Å². The van der Waals surface area contributed by atoms with Crippen LogP contribution in [0.1, 0.15) is 18.1 Å². The van der Waals surface area contributed by atoms with E-state index in [1.54, 1.807) is 12.1 Å². The SMILES string of the molecule is CCOc1ccc(CNc2ccc(C#N)c(Cl)c2)cc1. The van der Waals surface area contributed by atoms with E-state index in [-0.39, 0.29) is 0 Å². The van der Waals surface area contributed by atoms with Crippen LogP contribution in [0.4, 0.5) is 5.69 Å². The maximum atomic E-state index is 8.82. The first kappa shape index (κ1) is 14.2. The summed E-state index contributed by atoms with van der Waals surface area (Å²) in [5.41, 5.74) is 2.52. The quantitative estimate of drug-likeness (QED) is 0.895. The number of halogens is 1. The summed E-state index contributed by atoms with van der Waals surface area (Å²) in [6.45, 7) is 3.32. The van der Waals surface area contributed by atoms with Crippen molar-refractivity contribution in [1.82, 2.24) is 0 Å². The van der Waals surface area contributed by atoms with E-state index in [1.165, 1.54) is 0 Å². The molecule has 3 nitrogen and oxygen atoms in total. The zero-order chi connectivity index (χ0) is 14.4. The van der Waals surface area contributed by atoms with Gasteiger partial charge in [-0.05, 0) is 42.8 Å². The highest BCUT2D eigenvalue weighted by Gasteiger charge is 2.01. The monoisotopic (exact) mass is 286 g/mol. The average Bonchev–Trinajstić information content (AvgIpc) is 2.47. The molecule has 4 heteroatoms. The summed E-state index contributed by atoms with van der Waals surface area (Å²) in [7, 11) is 0. The van der Waals surface area contributed by atoms with E-state index in [9.17, 15) is 0 Å². The van der Waals surface area contributed by atoms with Crippen LogP contribution in [-0.4, -0.2) is 6.61 Å². The molecule has 2 aromatic carbocycles. The van der Waals surface area contributed by atoms with Gasteiger partial charge in [0.05, 0.1) is 17.2 Å². The molecular weight excluding hydrogens is 272 g/mol. The maximum Gasteiger partial charge on any atom is 0.119 e. The highest BCUT2D eigenvalue weighted by Crippen LogP contribution is 2.21. The molecule has 0 saturated heterocycles. The van der Waals surface area contributed by atoms with Gasteiger partial charge in [0.2, 0.25) is 0 Å². The van der Waals surface area contributed by atoms with Crippen molar-refractivity contribution < 1.29 is 4.74 Å². The molecule has 0 atom stereocenters. The number of hydrogen-bond acceptors (Lipinski definition) is 3. The Morgan fingerprint density at radius 2 is 1.95 bits per heavy atom. The molecule has 1 N–H and O–H groups in total. The van der Waals surface area contributed by atoms with Crippen molar-refractivity contribution in [2.75, 3.05) is 11.9 Å². The van der Waals surface area contributed by atoms with Crippen LogP contribution >= 0.6 is 11.6 Å². The minimum absolute atomic E-state index is 0.462. The topological polar surface area (TPSA) is 45.0 Å². The summed E-state index contributed by atoms with van der Waals surface area (Å²) in [5, 5.41) is 12.6. The van der Waals surface area contributed by atoms with E-state index in [0.29, 0.717) is 23.7 Å². The number of rotatable bonds is 5. The lowest BCUT2D eigenvalue weighted by molar-refractivity contribution is 0.340. The first-order valence-electron chi connectivity index (χ1n) is 6.38.